The Hall–Kier alpha value is -3.30. The van der Waals surface area contributed by atoms with Gasteiger partial charge in [-0.15, -0.1) is 0 Å². The Balaban J connectivity index is 2.45. The molecule has 0 saturated heterocycles. The topological polar surface area (TPSA) is 46.2 Å². The number of hydrogen-bond donors (Lipinski definition) is 1. The van der Waals surface area contributed by atoms with Gasteiger partial charge in [-0.25, -0.2) is 4.39 Å². The number of rotatable bonds is 8. The zero-order chi connectivity index (χ0) is 31.6. The highest BCUT2D eigenvalue weighted by Gasteiger charge is 2.42. The first-order valence-electron chi connectivity index (χ1n) is 10.9. The maximum absolute atomic E-state index is 14.9. The Morgan fingerprint density at radius 1 is 0.829 bits per heavy atom. The SMILES string of the molecule is O=C(CCC(=O)c1ccc(/C(F)=C/C(c2cc(Cl)cc(C(F)(F)F)c2)C(F)(F)F)cc1C(F)(F)F)NCC(F)(F)F. The fraction of sp³-hybridized carbons (Fsp3) is 0.333. The second-order valence-corrected chi connectivity index (χ2v) is 8.81. The van der Waals surface area contributed by atoms with Crippen molar-refractivity contribution in [2.45, 2.75) is 43.5 Å². The Morgan fingerprint density at radius 2 is 1.44 bits per heavy atom. The van der Waals surface area contributed by atoms with Gasteiger partial charge < -0.3 is 5.32 Å². The molecule has 0 aliphatic rings. The molecule has 17 heteroatoms. The van der Waals surface area contributed by atoms with Gasteiger partial charge >= 0.3 is 24.7 Å². The number of amides is 1. The maximum Gasteiger partial charge on any atom is 0.417 e. The molecule has 0 saturated carbocycles. The van der Waals surface area contributed by atoms with E-state index in [1.165, 1.54) is 5.32 Å². The van der Waals surface area contributed by atoms with Gasteiger partial charge in [-0.2, -0.15) is 52.7 Å². The molecule has 41 heavy (non-hydrogen) atoms. The monoisotopic (exact) mass is 631 g/mol. The molecule has 2 rings (SSSR count). The van der Waals surface area contributed by atoms with Crippen molar-refractivity contribution in [2.24, 2.45) is 0 Å². The third-order valence-corrected chi connectivity index (χ3v) is 5.46. The van der Waals surface area contributed by atoms with Crippen LogP contribution in [-0.2, 0) is 17.1 Å². The normalized spacial score (nSPS) is 14.1. The molecule has 0 aliphatic heterocycles. The zero-order valence-corrected chi connectivity index (χ0v) is 20.6. The fourth-order valence-corrected chi connectivity index (χ4v) is 3.64. The molecule has 1 N–H and O–H groups in total. The molecule has 0 radical (unpaired) electrons. The third kappa shape index (κ3) is 9.93. The van der Waals surface area contributed by atoms with Crippen LogP contribution in [0.1, 0.15) is 51.4 Å². The lowest BCUT2D eigenvalue weighted by atomic mass is 9.93. The van der Waals surface area contributed by atoms with Gasteiger partial charge in [0, 0.05) is 29.0 Å². The number of alkyl halides is 12. The van der Waals surface area contributed by atoms with Crippen molar-refractivity contribution in [3.05, 3.63) is 75.3 Å². The molecule has 2 aromatic carbocycles. The summed E-state index contributed by atoms with van der Waals surface area (Å²) >= 11 is 5.49. The van der Waals surface area contributed by atoms with Crippen molar-refractivity contribution in [3.8, 4) is 0 Å². The summed E-state index contributed by atoms with van der Waals surface area (Å²) < 4.78 is 172. The molecular formula is C24H15ClF13NO2. The number of benzene rings is 2. The first kappa shape index (κ1) is 33.9. The van der Waals surface area contributed by atoms with Crippen LogP contribution < -0.4 is 5.32 Å². The predicted octanol–water partition coefficient (Wildman–Crippen LogP) is 8.68. The van der Waals surface area contributed by atoms with Crippen molar-refractivity contribution in [3.63, 3.8) is 0 Å². The van der Waals surface area contributed by atoms with Gasteiger partial charge in [0.15, 0.2) is 5.78 Å². The van der Waals surface area contributed by atoms with E-state index < -0.39 is 100 Å². The summed E-state index contributed by atoms with van der Waals surface area (Å²) in [5.41, 5.74) is -6.90. The number of carbonyl (C=O) groups excluding carboxylic acids is 2. The first-order chi connectivity index (χ1) is 18.5. The minimum Gasteiger partial charge on any atom is -0.347 e. The van der Waals surface area contributed by atoms with Crippen LogP contribution in [-0.4, -0.2) is 30.6 Å². The fourth-order valence-electron chi connectivity index (χ4n) is 3.40. The minimum absolute atomic E-state index is 0.0324. The smallest absolute Gasteiger partial charge is 0.347 e. The summed E-state index contributed by atoms with van der Waals surface area (Å²) in [6.07, 6.45) is -23.0. The van der Waals surface area contributed by atoms with E-state index in [1.54, 1.807) is 0 Å². The van der Waals surface area contributed by atoms with Crippen LogP contribution in [0.3, 0.4) is 0 Å². The van der Waals surface area contributed by atoms with Gasteiger partial charge in [-0.05, 0) is 35.9 Å². The van der Waals surface area contributed by atoms with E-state index in [1.807, 2.05) is 0 Å². The molecule has 0 spiro atoms. The van der Waals surface area contributed by atoms with E-state index in [9.17, 15) is 66.7 Å². The van der Waals surface area contributed by atoms with Crippen LogP contribution in [0.5, 0.6) is 0 Å². The number of halogens is 14. The van der Waals surface area contributed by atoms with Crippen LogP contribution in [0.2, 0.25) is 5.02 Å². The molecule has 0 heterocycles. The van der Waals surface area contributed by atoms with Crippen molar-refractivity contribution in [1.29, 1.82) is 0 Å². The summed E-state index contributed by atoms with van der Waals surface area (Å²) in [7, 11) is 0. The molecule has 2 aromatic rings. The lowest BCUT2D eigenvalue weighted by Gasteiger charge is -2.20. The molecule has 0 aromatic heterocycles. The van der Waals surface area contributed by atoms with E-state index in [4.69, 9.17) is 11.6 Å². The van der Waals surface area contributed by atoms with Crippen molar-refractivity contribution in [2.75, 3.05) is 6.54 Å². The van der Waals surface area contributed by atoms with E-state index in [0.29, 0.717) is 24.3 Å². The minimum atomic E-state index is -5.43. The number of allylic oxidation sites excluding steroid dienone is 1. The number of carbonyl (C=O) groups is 2. The van der Waals surface area contributed by atoms with Gasteiger partial charge in [0.2, 0.25) is 5.91 Å². The summed E-state index contributed by atoms with van der Waals surface area (Å²) in [6.45, 7) is -1.76. The molecule has 1 amide bonds. The summed E-state index contributed by atoms with van der Waals surface area (Å²) in [5.74, 6) is -7.75. The lowest BCUT2D eigenvalue weighted by molar-refractivity contribution is -0.142. The molecule has 226 valence electrons. The van der Waals surface area contributed by atoms with E-state index in [2.05, 4.69) is 0 Å². The van der Waals surface area contributed by atoms with Crippen molar-refractivity contribution < 1.29 is 66.7 Å². The van der Waals surface area contributed by atoms with Crippen LogP contribution >= 0.6 is 11.6 Å². The predicted molar refractivity (Wildman–Crippen MR) is 118 cm³/mol. The highest BCUT2D eigenvalue weighted by Crippen LogP contribution is 2.42. The Morgan fingerprint density at radius 3 is 1.95 bits per heavy atom. The van der Waals surface area contributed by atoms with E-state index in [-0.39, 0.29) is 18.2 Å². The molecule has 0 aliphatic carbocycles. The second kappa shape index (κ2) is 12.3. The first-order valence-corrected chi connectivity index (χ1v) is 11.3. The molecule has 0 bridgehead atoms. The Kier molecular flexibility index (Phi) is 10.2. The van der Waals surface area contributed by atoms with Crippen molar-refractivity contribution >= 4 is 29.1 Å². The van der Waals surface area contributed by atoms with Crippen LogP contribution in [0.25, 0.3) is 5.83 Å². The van der Waals surface area contributed by atoms with Crippen LogP contribution in [0.15, 0.2) is 42.5 Å². The Labute approximate surface area is 227 Å². The molecular weight excluding hydrogens is 617 g/mol. The van der Waals surface area contributed by atoms with E-state index >= 15 is 0 Å². The number of Topliss-reactive ketones (excluding diaryl/α,β-unsaturated/α-hetero) is 1. The van der Waals surface area contributed by atoms with Gasteiger partial charge in [0.05, 0.1) is 11.1 Å². The van der Waals surface area contributed by atoms with Gasteiger partial charge in [-0.3, -0.25) is 9.59 Å². The third-order valence-electron chi connectivity index (χ3n) is 5.24. The van der Waals surface area contributed by atoms with Crippen LogP contribution in [0.4, 0.5) is 57.1 Å². The maximum atomic E-state index is 14.9. The molecule has 3 nitrogen and oxygen atoms in total. The van der Waals surface area contributed by atoms with Gasteiger partial charge in [-0.1, -0.05) is 23.7 Å². The quantitative estimate of drug-likeness (QED) is 0.234. The summed E-state index contributed by atoms with van der Waals surface area (Å²) in [4.78, 5) is 23.7. The average Bonchev–Trinajstić information content (AvgIpc) is 2.81. The lowest BCUT2D eigenvalue weighted by Crippen LogP contribution is -2.33. The largest absolute Gasteiger partial charge is 0.417 e. The van der Waals surface area contributed by atoms with Crippen molar-refractivity contribution in [1.82, 2.24) is 5.32 Å². The Bertz CT molecular complexity index is 1310. The molecule has 0 fully saturated rings. The summed E-state index contributed by atoms with van der Waals surface area (Å²) in [5, 5.41) is 0.614. The highest BCUT2D eigenvalue weighted by atomic mass is 35.5. The summed E-state index contributed by atoms with van der Waals surface area (Å²) in [6, 6.07) is 1.64. The standard InChI is InChI=1S/C24H15ClF13NO2/c25-14-6-12(5-13(8-14)22(30,31)32)16(23(33,34)35)9-18(26)11-1-2-15(17(7-11)24(36,37)38)19(40)3-4-20(41)39-10-21(27,28)29/h1-2,5-9,16H,3-4,10H2,(H,39,41)/b18-9-. The number of hydrogen-bond acceptors (Lipinski definition) is 2. The highest BCUT2D eigenvalue weighted by molar-refractivity contribution is 6.30. The molecule has 1 unspecified atom stereocenters. The van der Waals surface area contributed by atoms with E-state index in [0.717, 1.165) is 0 Å². The average molecular weight is 632 g/mol. The second-order valence-electron chi connectivity index (χ2n) is 8.38. The molecule has 1 atom stereocenters. The van der Waals surface area contributed by atoms with Gasteiger partial charge in [0.1, 0.15) is 18.3 Å². The zero-order valence-electron chi connectivity index (χ0n) is 19.8. The number of ketones is 1. The van der Waals surface area contributed by atoms with Gasteiger partial charge in [0.25, 0.3) is 0 Å². The van der Waals surface area contributed by atoms with Crippen LogP contribution in [0, 0.1) is 0 Å². The number of nitrogens with one attached hydrogen (secondary N) is 1.